The summed E-state index contributed by atoms with van der Waals surface area (Å²) in [6.45, 7) is 0.272. The molecule has 0 bridgehead atoms. The third-order valence-corrected chi connectivity index (χ3v) is 7.85. The molecule has 0 spiro atoms. The quantitative estimate of drug-likeness (QED) is 0.378. The smallest absolute Gasteiger partial charge is 0.417 e. The molecule has 198 valence electrons. The highest BCUT2D eigenvalue weighted by atomic mass is 19.4. The Morgan fingerprint density at radius 1 is 1.11 bits per heavy atom. The van der Waals surface area contributed by atoms with E-state index in [1.807, 2.05) is 6.07 Å². The maximum absolute atomic E-state index is 14.0. The van der Waals surface area contributed by atoms with E-state index in [9.17, 15) is 28.2 Å². The number of hydrogen-bond acceptors (Lipinski definition) is 5. The normalized spacial score (nSPS) is 22.4. The summed E-state index contributed by atoms with van der Waals surface area (Å²) in [7, 11) is 0. The van der Waals surface area contributed by atoms with E-state index in [4.69, 9.17) is 9.47 Å². The van der Waals surface area contributed by atoms with Gasteiger partial charge in [-0.3, -0.25) is 4.79 Å². The Morgan fingerprint density at radius 2 is 1.92 bits per heavy atom. The summed E-state index contributed by atoms with van der Waals surface area (Å²) < 4.78 is 53.2. The third-order valence-electron chi connectivity index (χ3n) is 7.85. The molecular formula is C29H26F3NO5. The highest BCUT2D eigenvalue weighted by Gasteiger charge is 2.60. The van der Waals surface area contributed by atoms with Gasteiger partial charge in [0.1, 0.15) is 12.4 Å². The van der Waals surface area contributed by atoms with Gasteiger partial charge in [-0.1, -0.05) is 24.3 Å². The fourth-order valence-electron chi connectivity index (χ4n) is 5.52. The van der Waals surface area contributed by atoms with Crippen LogP contribution in [-0.4, -0.2) is 33.4 Å². The topological polar surface area (TPSA) is 88.9 Å². The first-order valence-electron chi connectivity index (χ1n) is 12.6. The molecule has 6 rings (SSSR count). The second kappa shape index (κ2) is 9.01. The average molecular weight is 526 g/mol. The predicted molar refractivity (Wildman–Crippen MR) is 131 cm³/mol. The Kier molecular flexibility index (Phi) is 5.86. The van der Waals surface area contributed by atoms with E-state index in [0.29, 0.717) is 42.7 Å². The van der Waals surface area contributed by atoms with Gasteiger partial charge in [-0.2, -0.15) is 13.2 Å². The van der Waals surface area contributed by atoms with Crippen LogP contribution in [-0.2, 0) is 24.0 Å². The van der Waals surface area contributed by atoms with Crippen LogP contribution in [0.15, 0.2) is 54.7 Å². The van der Waals surface area contributed by atoms with Crippen LogP contribution in [0.3, 0.4) is 0 Å². The molecule has 0 amide bonds. The summed E-state index contributed by atoms with van der Waals surface area (Å²) in [4.78, 5) is 15.6. The van der Waals surface area contributed by atoms with E-state index >= 15 is 0 Å². The van der Waals surface area contributed by atoms with Crippen LogP contribution in [0.1, 0.15) is 47.4 Å². The van der Waals surface area contributed by atoms with Gasteiger partial charge in [0.05, 0.1) is 23.7 Å². The van der Waals surface area contributed by atoms with Crippen molar-refractivity contribution in [1.82, 2.24) is 4.98 Å². The number of fused-ring (bicyclic) bond motifs is 3. The molecule has 9 heteroatoms. The van der Waals surface area contributed by atoms with Crippen molar-refractivity contribution < 1.29 is 37.7 Å². The lowest BCUT2D eigenvalue weighted by atomic mass is 9.97. The van der Waals surface area contributed by atoms with Crippen molar-refractivity contribution in [3.05, 3.63) is 77.0 Å². The zero-order chi connectivity index (χ0) is 26.7. The molecule has 1 heterocycles. The molecule has 0 saturated heterocycles. The largest absolute Gasteiger partial charge is 0.493 e. The molecular weight excluding hydrogens is 499 g/mol. The Hall–Kier alpha value is -3.59. The Labute approximate surface area is 217 Å². The van der Waals surface area contributed by atoms with Crippen LogP contribution >= 0.6 is 0 Å². The van der Waals surface area contributed by atoms with Crippen LogP contribution < -0.4 is 9.47 Å². The number of pyridine rings is 1. The second-order valence-electron chi connectivity index (χ2n) is 10.5. The Balaban J connectivity index is 1.15. The first-order chi connectivity index (χ1) is 18.1. The van der Waals surface area contributed by atoms with Gasteiger partial charge in [-0.15, -0.1) is 0 Å². The minimum atomic E-state index is -4.58. The highest BCUT2D eigenvalue weighted by Crippen LogP contribution is 2.61. The number of carbonyl (C=O) groups is 1. The number of aliphatic hydroxyl groups is 1. The summed E-state index contributed by atoms with van der Waals surface area (Å²) in [6, 6.07) is 12.5. The number of carboxylic acids is 1. The second-order valence-corrected chi connectivity index (χ2v) is 10.5. The third kappa shape index (κ3) is 4.82. The fourth-order valence-corrected chi connectivity index (χ4v) is 5.52. The molecule has 3 aliphatic rings. The summed E-state index contributed by atoms with van der Waals surface area (Å²) in [6.07, 6.45) is -0.434. The van der Waals surface area contributed by atoms with Gasteiger partial charge in [0.15, 0.2) is 0 Å². The fraction of sp³-hybridized carbons (Fsp3) is 0.379. The van der Waals surface area contributed by atoms with Gasteiger partial charge in [0.2, 0.25) is 5.88 Å². The SMILES string of the molecule is O=C(O)[C@H]1[C@@H]2Cc3cc(OCc4cccc(-c5ccc(OCCC6(O)CC6)cc5C(F)(F)F)c4)ncc3[C@@H]21. The first-order valence-corrected chi connectivity index (χ1v) is 12.6. The molecule has 3 aliphatic carbocycles. The van der Waals surface area contributed by atoms with Gasteiger partial charge in [-0.25, -0.2) is 4.98 Å². The number of aliphatic carboxylic acids is 1. The number of ether oxygens (including phenoxy) is 2. The van der Waals surface area contributed by atoms with Crippen LogP contribution in [0.4, 0.5) is 13.2 Å². The molecule has 3 aromatic rings. The molecule has 38 heavy (non-hydrogen) atoms. The monoisotopic (exact) mass is 525 g/mol. The molecule has 2 fully saturated rings. The first kappa shape index (κ1) is 24.7. The predicted octanol–water partition coefficient (Wildman–Crippen LogP) is 5.61. The van der Waals surface area contributed by atoms with Crippen molar-refractivity contribution in [2.24, 2.45) is 11.8 Å². The van der Waals surface area contributed by atoms with E-state index < -0.39 is 23.3 Å². The van der Waals surface area contributed by atoms with Crippen LogP contribution in [0.5, 0.6) is 11.6 Å². The number of nitrogens with zero attached hydrogens (tertiary/aromatic N) is 1. The molecule has 0 unspecified atom stereocenters. The summed E-state index contributed by atoms with van der Waals surface area (Å²) in [5, 5.41) is 19.2. The van der Waals surface area contributed by atoms with Gasteiger partial charge in [0.25, 0.3) is 0 Å². The van der Waals surface area contributed by atoms with Crippen molar-refractivity contribution in [3.8, 4) is 22.8 Å². The summed E-state index contributed by atoms with van der Waals surface area (Å²) >= 11 is 0. The zero-order valence-electron chi connectivity index (χ0n) is 20.4. The number of benzene rings is 2. The highest BCUT2D eigenvalue weighted by molar-refractivity contribution is 5.77. The standard InChI is InChI=1S/C29H26F3NO5/c30-29(31,32)23-13-19(37-9-8-28(36)6-7-28)4-5-20(23)17-3-1-2-16(10-17)15-38-24-12-18-11-21-25(22(18)14-33-24)26(21)27(34)35/h1-5,10,12-14,21,25-26,36H,6-9,11,15H2,(H,34,35)/t21-,25-,26+/m1/s1. The van der Waals surface area contributed by atoms with Crippen LogP contribution in [0, 0.1) is 11.8 Å². The van der Waals surface area contributed by atoms with E-state index in [1.54, 1.807) is 30.5 Å². The summed E-state index contributed by atoms with van der Waals surface area (Å²) in [5.41, 5.74) is 1.61. The number of halogens is 3. The van der Waals surface area contributed by atoms with E-state index in [2.05, 4.69) is 4.98 Å². The molecule has 2 N–H and O–H groups in total. The number of aromatic nitrogens is 1. The van der Waals surface area contributed by atoms with E-state index in [0.717, 1.165) is 17.2 Å². The van der Waals surface area contributed by atoms with Crippen molar-refractivity contribution in [1.29, 1.82) is 0 Å². The van der Waals surface area contributed by atoms with E-state index in [-0.39, 0.29) is 42.3 Å². The number of carboxylic acid groups (broad SMARTS) is 1. The molecule has 3 atom stereocenters. The lowest BCUT2D eigenvalue weighted by Gasteiger charge is -2.16. The average Bonchev–Trinajstić information content (AvgIpc) is 3.76. The van der Waals surface area contributed by atoms with Gasteiger partial charge >= 0.3 is 12.1 Å². The van der Waals surface area contributed by atoms with Gasteiger partial charge in [-0.05, 0) is 71.2 Å². The number of hydrogen-bond donors (Lipinski definition) is 2. The minimum Gasteiger partial charge on any atom is -0.493 e. The lowest BCUT2D eigenvalue weighted by molar-refractivity contribution is -0.139. The molecule has 2 saturated carbocycles. The molecule has 1 aromatic heterocycles. The molecule has 6 nitrogen and oxygen atoms in total. The van der Waals surface area contributed by atoms with E-state index in [1.165, 1.54) is 12.1 Å². The number of alkyl halides is 3. The number of rotatable bonds is 9. The lowest BCUT2D eigenvalue weighted by Crippen LogP contribution is -2.13. The zero-order valence-corrected chi connectivity index (χ0v) is 20.4. The van der Waals surface area contributed by atoms with Gasteiger partial charge < -0.3 is 19.7 Å². The van der Waals surface area contributed by atoms with Crippen molar-refractivity contribution in [2.45, 2.75) is 50.0 Å². The Morgan fingerprint density at radius 3 is 2.66 bits per heavy atom. The Bertz CT molecular complexity index is 1400. The molecule has 2 aromatic carbocycles. The molecule has 0 radical (unpaired) electrons. The van der Waals surface area contributed by atoms with Crippen LogP contribution in [0.2, 0.25) is 0 Å². The van der Waals surface area contributed by atoms with Gasteiger partial charge in [0, 0.05) is 24.6 Å². The maximum atomic E-state index is 14.0. The molecule has 0 aliphatic heterocycles. The van der Waals surface area contributed by atoms with Crippen molar-refractivity contribution in [2.75, 3.05) is 6.61 Å². The van der Waals surface area contributed by atoms with Crippen LogP contribution in [0.25, 0.3) is 11.1 Å². The maximum Gasteiger partial charge on any atom is 0.417 e. The van der Waals surface area contributed by atoms with Crippen molar-refractivity contribution >= 4 is 5.97 Å². The summed E-state index contributed by atoms with van der Waals surface area (Å²) in [5.74, 6) is -0.424. The van der Waals surface area contributed by atoms with Crippen molar-refractivity contribution in [3.63, 3.8) is 0 Å². The minimum absolute atomic E-state index is 0.0323.